The van der Waals surface area contributed by atoms with Gasteiger partial charge in [0, 0.05) is 12.8 Å². The van der Waals surface area contributed by atoms with Crippen LogP contribution in [-0.4, -0.2) is 26.0 Å². The van der Waals surface area contributed by atoms with Gasteiger partial charge >= 0.3 is 5.97 Å². The number of methoxy groups -OCH3 is 2. The number of ether oxygens (including phenoxy) is 2. The van der Waals surface area contributed by atoms with E-state index in [0.717, 1.165) is 0 Å². The molecule has 1 aromatic rings. The van der Waals surface area contributed by atoms with E-state index in [1.54, 1.807) is 18.2 Å². The Bertz CT molecular complexity index is 526. The van der Waals surface area contributed by atoms with Gasteiger partial charge < -0.3 is 9.47 Å². The van der Waals surface area contributed by atoms with E-state index in [1.807, 2.05) is 0 Å². The molecular weight excluding hydrogens is 268 g/mol. The second-order valence-electron chi connectivity index (χ2n) is 4.64. The van der Waals surface area contributed by atoms with Crippen LogP contribution in [0.2, 0.25) is 5.02 Å². The summed E-state index contributed by atoms with van der Waals surface area (Å²) in [6, 6.07) is 5.14. The Kier molecular flexibility index (Phi) is 3.80. The van der Waals surface area contributed by atoms with Crippen molar-refractivity contribution >= 4 is 23.4 Å². The summed E-state index contributed by atoms with van der Waals surface area (Å²) in [6.07, 6.45) is 1.02. The first-order chi connectivity index (χ1) is 9.03. The molecule has 0 aliphatic heterocycles. The number of ketones is 1. The number of halogens is 1. The number of esters is 1. The maximum Gasteiger partial charge on any atom is 0.316 e. The van der Waals surface area contributed by atoms with Gasteiger partial charge in [0.15, 0.2) is 0 Å². The van der Waals surface area contributed by atoms with Crippen molar-refractivity contribution in [1.29, 1.82) is 0 Å². The van der Waals surface area contributed by atoms with Gasteiger partial charge in [0.05, 0.1) is 19.2 Å². The summed E-state index contributed by atoms with van der Waals surface area (Å²) in [5.74, 6) is 0.215. The highest BCUT2D eigenvalue weighted by molar-refractivity contribution is 6.32. The van der Waals surface area contributed by atoms with Crippen LogP contribution in [0.5, 0.6) is 5.75 Å². The lowest BCUT2D eigenvalue weighted by atomic mass is 9.79. The maximum absolute atomic E-state index is 12.1. The third-order valence-electron chi connectivity index (χ3n) is 3.61. The lowest BCUT2D eigenvalue weighted by molar-refractivity contribution is -0.148. The summed E-state index contributed by atoms with van der Waals surface area (Å²) in [5.41, 5.74) is -0.196. The number of hydrogen-bond acceptors (Lipinski definition) is 4. The van der Waals surface area contributed by atoms with Crippen LogP contribution in [0.3, 0.4) is 0 Å². The van der Waals surface area contributed by atoms with Gasteiger partial charge in [-0.3, -0.25) is 9.59 Å². The molecule has 0 heterocycles. The number of rotatable bonds is 3. The average molecular weight is 283 g/mol. The third-order valence-corrected chi connectivity index (χ3v) is 3.91. The van der Waals surface area contributed by atoms with Crippen molar-refractivity contribution in [3.05, 3.63) is 28.8 Å². The average Bonchev–Trinajstić information content (AvgIpc) is 2.81. The maximum atomic E-state index is 12.1. The lowest BCUT2D eigenvalue weighted by Gasteiger charge is -2.26. The first-order valence-corrected chi connectivity index (χ1v) is 6.35. The number of carbonyl (C=O) groups is 2. The summed E-state index contributed by atoms with van der Waals surface area (Å²) in [5, 5.41) is 0.419. The van der Waals surface area contributed by atoms with E-state index < -0.39 is 5.41 Å². The minimum Gasteiger partial charge on any atom is -0.495 e. The highest BCUT2D eigenvalue weighted by Crippen LogP contribution is 2.42. The van der Waals surface area contributed by atoms with E-state index in [0.29, 0.717) is 29.2 Å². The number of carbonyl (C=O) groups excluding carboxylic acids is 2. The molecule has 0 radical (unpaired) electrons. The van der Waals surface area contributed by atoms with Crippen LogP contribution in [0.15, 0.2) is 18.2 Å². The SMILES string of the molecule is COC(=O)C1(c2ccc(OC)c(Cl)c2)CCC(=O)C1. The Balaban J connectivity index is 2.48. The van der Waals surface area contributed by atoms with Gasteiger partial charge in [0.2, 0.25) is 0 Å². The second kappa shape index (κ2) is 5.21. The molecule has 0 saturated heterocycles. The van der Waals surface area contributed by atoms with Crippen molar-refractivity contribution in [2.75, 3.05) is 14.2 Å². The van der Waals surface area contributed by atoms with E-state index in [4.69, 9.17) is 21.1 Å². The molecule has 1 aliphatic carbocycles. The highest BCUT2D eigenvalue weighted by Gasteiger charge is 2.47. The van der Waals surface area contributed by atoms with E-state index >= 15 is 0 Å². The van der Waals surface area contributed by atoms with Crippen molar-refractivity contribution in [3.8, 4) is 5.75 Å². The van der Waals surface area contributed by atoms with Crippen molar-refractivity contribution in [2.24, 2.45) is 0 Å². The Hall–Kier alpha value is -1.55. The Morgan fingerprint density at radius 2 is 2.11 bits per heavy atom. The molecule has 5 heteroatoms. The second-order valence-corrected chi connectivity index (χ2v) is 5.05. The molecule has 1 aliphatic rings. The van der Waals surface area contributed by atoms with E-state index in [-0.39, 0.29) is 18.2 Å². The Morgan fingerprint density at radius 3 is 2.58 bits per heavy atom. The summed E-state index contributed by atoms with van der Waals surface area (Å²) < 4.78 is 9.96. The van der Waals surface area contributed by atoms with Gasteiger partial charge in [-0.05, 0) is 24.1 Å². The third kappa shape index (κ3) is 2.32. The van der Waals surface area contributed by atoms with Crippen molar-refractivity contribution < 1.29 is 19.1 Å². The molecule has 1 aromatic carbocycles. The largest absolute Gasteiger partial charge is 0.495 e. The highest BCUT2D eigenvalue weighted by atomic mass is 35.5. The molecule has 102 valence electrons. The van der Waals surface area contributed by atoms with Crippen molar-refractivity contribution in [2.45, 2.75) is 24.7 Å². The zero-order valence-electron chi connectivity index (χ0n) is 10.9. The molecule has 2 rings (SSSR count). The van der Waals surface area contributed by atoms with Crippen LogP contribution < -0.4 is 4.74 Å². The minimum atomic E-state index is -0.901. The smallest absolute Gasteiger partial charge is 0.316 e. The lowest BCUT2D eigenvalue weighted by Crippen LogP contribution is -2.34. The van der Waals surface area contributed by atoms with Gasteiger partial charge in [0.25, 0.3) is 0 Å². The van der Waals surface area contributed by atoms with Crippen LogP contribution in [0, 0.1) is 0 Å². The fourth-order valence-corrected chi connectivity index (χ4v) is 2.82. The van der Waals surface area contributed by atoms with Crippen molar-refractivity contribution in [1.82, 2.24) is 0 Å². The van der Waals surface area contributed by atoms with Crippen LogP contribution in [-0.2, 0) is 19.7 Å². The van der Waals surface area contributed by atoms with Crippen LogP contribution in [0.25, 0.3) is 0 Å². The topological polar surface area (TPSA) is 52.6 Å². The molecule has 4 nitrogen and oxygen atoms in total. The van der Waals surface area contributed by atoms with Crippen LogP contribution in [0.4, 0.5) is 0 Å². The van der Waals surface area contributed by atoms with E-state index in [9.17, 15) is 9.59 Å². The fourth-order valence-electron chi connectivity index (χ4n) is 2.56. The minimum absolute atomic E-state index is 0.0670. The molecule has 1 atom stereocenters. The fraction of sp³-hybridized carbons (Fsp3) is 0.429. The Morgan fingerprint density at radius 1 is 1.37 bits per heavy atom. The summed E-state index contributed by atoms with van der Waals surface area (Å²) >= 11 is 6.09. The zero-order valence-corrected chi connectivity index (χ0v) is 11.6. The van der Waals surface area contributed by atoms with Crippen LogP contribution in [0.1, 0.15) is 24.8 Å². The predicted octanol–water partition coefficient (Wildman–Crippen LogP) is 2.51. The summed E-state index contributed by atoms with van der Waals surface area (Å²) in [4.78, 5) is 23.7. The predicted molar refractivity (Wildman–Crippen MR) is 70.6 cm³/mol. The molecule has 0 amide bonds. The van der Waals surface area contributed by atoms with Gasteiger partial charge in [-0.1, -0.05) is 17.7 Å². The number of Topliss-reactive ketones (excluding diaryl/α,β-unsaturated/α-hetero) is 1. The van der Waals surface area contributed by atoms with Gasteiger partial charge in [-0.15, -0.1) is 0 Å². The molecule has 1 fully saturated rings. The zero-order chi connectivity index (χ0) is 14.0. The normalized spacial score (nSPS) is 22.4. The molecule has 1 saturated carbocycles. The molecule has 0 spiro atoms. The standard InChI is InChI=1S/C14H15ClO4/c1-18-12-4-3-9(7-11(12)15)14(13(17)19-2)6-5-10(16)8-14/h3-4,7H,5-6,8H2,1-2H3. The number of benzene rings is 1. The first kappa shape index (κ1) is 13.9. The van der Waals surface area contributed by atoms with Gasteiger partial charge in [0.1, 0.15) is 16.9 Å². The van der Waals surface area contributed by atoms with Crippen LogP contribution >= 0.6 is 11.6 Å². The summed E-state index contributed by atoms with van der Waals surface area (Å²) in [7, 11) is 2.86. The quantitative estimate of drug-likeness (QED) is 0.800. The molecule has 19 heavy (non-hydrogen) atoms. The number of hydrogen-bond donors (Lipinski definition) is 0. The van der Waals surface area contributed by atoms with Gasteiger partial charge in [-0.2, -0.15) is 0 Å². The Labute approximate surface area is 116 Å². The molecule has 0 N–H and O–H groups in total. The monoisotopic (exact) mass is 282 g/mol. The molecule has 0 aromatic heterocycles. The molecule has 1 unspecified atom stereocenters. The molecule has 0 bridgehead atoms. The molecular formula is C14H15ClO4. The van der Waals surface area contributed by atoms with Crippen molar-refractivity contribution in [3.63, 3.8) is 0 Å². The van der Waals surface area contributed by atoms with E-state index in [1.165, 1.54) is 14.2 Å². The summed E-state index contributed by atoms with van der Waals surface area (Å²) in [6.45, 7) is 0. The van der Waals surface area contributed by atoms with Gasteiger partial charge in [-0.25, -0.2) is 0 Å². The first-order valence-electron chi connectivity index (χ1n) is 5.97. The van der Waals surface area contributed by atoms with E-state index in [2.05, 4.69) is 0 Å².